The van der Waals surface area contributed by atoms with Crippen molar-refractivity contribution in [2.75, 3.05) is 25.1 Å². The minimum Gasteiger partial charge on any atom is -0.385 e. The van der Waals surface area contributed by atoms with Crippen LogP contribution in [0.1, 0.15) is 36.3 Å². The third-order valence-electron chi connectivity index (χ3n) is 3.79. The Balaban J connectivity index is 1.93. The monoisotopic (exact) mass is 217 g/mol. The van der Waals surface area contributed by atoms with Gasteiger partial charge in [0.05, 0.1) is 0 Å². The lowest BCUT2D eigenvalue weighted by molar-refractivity contribution is 0.0851. The van der Waals surface area contributed by atoms with Crippen LogP contribution in [0.3, 0.4) is 0 Å². The average molecular weight is 217 g/mol. The van der Waals surface area contributed by atoms with Crippen LogP contribution in [0.15, 0.2) is 18.2 Å². The fraction of sp³-hybridized carbons (Fsp3) is 0.571. The molecular weight excluding hydrogens is 198 g/mol. The standard InChI is InChI=1S/C14H19NO/c1-3-12(11-6-9-16-10-7-11)13-4-2-8-15-14(13)5-1/h1,3,5,11,15H,2,4,6-10H2. The van der Waals surface area contributed by atoms with Crippen molar-refractivity contribution >= 4 is 5.69 Å². The van der Waals surface area contributed by atoms with E-state index in [4.69, 9.17) is 4.74 Å². The van der Waals surface area contributed by atoms with Gasteiger partial charge in [-0.15, -0.1) is 0 Å². The van der Waals surface area contributed by atoms with Gasteiger partial charge >= 0.3 is 0 Å². The Bertz CT molecular complexity index is 369. The molecule has 2 aliphatic heterocycles. The molecule has 2 aliphatic rings. The second-order valence-electron chi connectivity index (χ2n) is 4.79. The van der Waals surface area contributed by atoms with Crippen molar-refractivity contribution < 1.29 is 4.74 Å². The third-order valence-corrected chi connectivity index (χ3v) is 3.79. The van der Waals surface area contributed by atoms with Crippen LogP contribution >= 0.6 is 0 Å². The quantitative estimate of drug-likeness (QED) is 0.781. The van der Waals surface area contributed by atoms with Crippen LogP contribution < -0.4 is 5.32 Å². The zero-order valence-corrected chi connectivity index (χ0v) is 9.67. The molecule has 0 aliphatic carbocycles. The summed E-state index contributed by atoms with van der Waals surface area (Å²) in [5.74, 6) is 0.726. The Labute approximate surface area is 97.0 Å². The molecule has 1 fully saturated rings. The van der Waals surface area contributed by atoms with Gasteiger partial charge in [0.2, 0.25) is 0 Å². The van der Waals surface area contributed by atoms with E-state index in [2.05, 4.69) is 23.5 Å². The summed E-state index contributed by atoms with van der Waals surface area (Å²) in [4.78, 5) is 0. The maximum Gasteiger partial charge on any atom is 0.0471 e. The van der Waals surface area contributed by atoms with Gasteiger partial charge in [0, 0.05) is 25.4 Å². The summed E-state index contributed by atoms with van der Waals surface area (Å²) >= 11 is 0. The van der Waals surface area contributed by atoms with Crippen LogP contribution in [-0.2, 0) is 11.2 Å². The molecule has 0 amide bonds. The highest BCUT2D eigenvalue weighted by atomic mass is 16.5. The largest absolute Gasteiger partial charge is 0.385 e. The van der Waals surface area contributed by atoms with Gasteiger partial charge in [0.25, 0.3) is 0 Å². The van der Waals surface area contributed by atoms with Gasteiger partial charge in [-0.3, -0.25) is 0 Å². The van der Waals surface area contributed by atoms with Gasteiger partial charge in [-0.2, -0.15) is 0 Å². The van der Waals surface area contributed by atoms with Gasteiger partial charge in [0.1, 0.15) is 0 Å². The van der Waals surface area contributed by atoms with E-state index in [1.165, 1.54) is 31.4 Å². The zero-order valence-electron chi connectivity index (χ0n) is 9.67. The van der Waals surface area contributed by atoms with E-state index >= 15 is 0 Å². The number of rotatable bonds is 1. The van der Waals surface area contributed by atoms with E-state index in [0.29, 0.717) is 0 Å². The lowest BCUT2D eigenvalue weighted by atomic mass is 9.85. The number of hydrogen-bond donors (Lipinski definition) is 1. The molecule has 2 heterocycles. The van der Waals surface area contributed by atoms with Crippen molar-refractivity contribution in [2.24, 2.45) is 0 Å². The number of nitrogens with one attached hydrogen (secondary N) is 1. The minimum absolute atomic E-state index is 0.726. The number of ether oxygens (including phenoxy) is 1. The summed E-state index contributed by atoms with van der Waals surface area (Å²) < 4.78 is 5.45. The highest BCUT2D eigenvalue weighted by Crippen LogP contribution is 2.34. The molecule has 0 aromatic heterocycles. The molecule has 2 heteroatoms. The topological polar surface area (TPSA) is 21.3 Å². The Morgan fingerprint density at radius 2 is 2.06 bits per heavy atom. The molecule has 3 rings (SSSR count). The molecule has 1 aromatic rings. The van der Waals surface area contributed by atoms with Crippen LogP contribution in [0.4, 0.5) is 5.69 Å². The van der Waals surface area contributed by atoms with E-state index in [1.54, 1.807) is 11.1 Å². The first kappa shape index (κ1) is 10.2. The lowest BCUT2D eigenvalue weighted by Gasteiger charge is -2.28. The van der Waals surface area contributed by atoms with Crippen LogP contribution in [0.5, 0.6) is 0 Å². The summed E-state index contributed by atoms with van der Waals surface area (Å²) in [6, 6.07) is 6.74. The summed E-state index contributed by atoms with van der Waals surface area (Å²) in [7, 11) is 0. The molecule has 1 saturated heterocycles. The van der Waals surface area contributed by atoms with Crippen LogP contribution in [-0.4, -0.2) is 19.8 Å². The summed E-state index contributed by atoms with van der Waals surface area (Å²) in [6.07, 6.45) is 4.90. The number of fused-ring (bicyclic) bond motifs is 1. The smallest absolute Gasteiger partial charge is 0.0471 e. The Morgan fingerprint density at radius 1 is 1.19 bits per heavy atom. The highest BCUT2D eigenvalue weighted by molar-refractivity contribution is 5.57. The van der Waals surface area contributed by atoms with E-state index in [0.717, 1.165) is 25.7 Å². The van der Waals surface area contributed by atoms with Gasteiger partial charge in [0.15, 0.2) is 0 Å². The molecule has 2 nitrogen and oxygen atoms in total. The van der Waals surface area contributed by atoms with Crippen molar-refractivity contribution in [3.8, 4) is 0 Å². The van der Waals surface area contributed by atoms with E-state index in [-0.39, 0.29) is 0 Å². The van der Waals surface area contributed by atoms with Crippen LogP contribution in [0.25, 0.3) is 0 Å². The fourth-order valence-corrected chi connectivity index (χ4v) is 2.93. The number of benzene rings is 1. The van der Waals surface area contributed by atoms with Crippen molar-refractivity contribution in [1.29, 1.82) is 0 Å². The van der Waals surface area contributed by atoms with Gasteiger partial charge in [-0.25, -0.2) is 0 Å². The first-order valence-corrected chi connectivity index (χ1v) is 6.38. The maximum absolute atomic E-state index is 5.45. The second-order valence-corrected chi connectivity index (χ2v) is 4.79. The molecule has 1 N–H and O–H groups in total. The molecule has 86 valence electrons. The van der Waals surface area contributed by atoms with Gasteiger partial charge in [-0.1, -0.05) is 12.1 Å². The molecular formula is C14H19NO. The summed E-state index contributed by atoms with van der Waals surface area (Å²) in [6.45, 7) is 2.99. The maximum atomic E-state index is 5.45. The van der Waals surface area contributed by atoms with E-state index < -0.39 is 0 Å². The summed E-state index contributed by atoms with van der Waals surface area (Å²) in [5.41, 5.74) is 4.52. The Hall–Kier alpha value is -1.02. The number of anilines is 1. The van der Waals surface area contributed by atoms with Crippen molar-refractivity contribution in [3.05, 3.63) is 29.3 Å². The first-order chi connectivity index (χ1) is 7.95. The third kappa shape index (κ3) is 1.82. The zero-order chi connectivity index (χ0) is 10.8. The van der Waals surface area contributed by atoms with Crippen LogP contribution in [0.2, 0.25) is 0 Å². The molecule has 16 heavy (non-hydrogen) atoms. The Kier molecular flexibility index (Phi) is 2.83. The second kappa shape index (κ2) is 4.46. The van der Waals surface area contributed by atoms with Crippen molar-refractivity contribution in [2.45, 2.75) is 31.6 Å². The molecule has 0 bridgehead atoms. The normalized spacial score (nSPS) is 21.2. The summed E-state index contributed by atoms with van der Waals surface area (Å²) in [5, 5.41) is 3.51. The molecule has 0 radical (unpaired) electrons. The van der Waals surface area contributed by atoms with Gasteiger partial charge < -0.3 is 10.1 Å². The predicted octanol–water partition coefficient (Wildman–Crippen LogP) is 2.94. The van der Waals surface area contributed by atoms with Crippen molar-refractivity contribution in [1.82, 2.24) is 0 Å². The van der Waals surface area contributed by atoms with Crippen LogP contribution in [0, 0.1) is 0 Å². The first-order valence-electron chi connectivity index (χ1n) is 6.38. The molecule has 1 aromatic carbocycles. The lowest BCUT2D eigenvalue weighted by Crippen LogP contribution is -2.19. The minimum atomic E-state index is 0.726. The average Bonchev–Trinajstić information content (AvgIpc) is 2.39. The molecule has 0 saturated carbocycles. The Morgan fingerprint density at radius 3 is 2.94 bits per heavy atom. The van der Waals surface area contributed by atoms with E-state index in [9.17, 15) is 0 Å². The molecule has 0 atom stereocenters. The van der Waals surface area contributed by atoms with E-state index in [1.807, 2.05) is 0 Å². The SMILES string of the molecule is c1cc2c(c(C3CCOCC3)c1)CCCN2. The van der Waals surface area contributed by atoms with Crippen molar-refractivity contribution in [3.63, 3.8) is 0 Å². The highest BCUT2D eigenvalue weighted by Gasteiger charge is 2.21. The van der Waals surface area contributed by atoms with Gasteiger partial charge in [-0.05, 0) is 48.8 Å². The fourth-order valence-electron chi connectivity index (χ4n) is 2.93. The number of hydrogen-bond acceptors (Lipinski definition) is 2. The molecule has 0 spiro atoms. The molecule has 0 unspecified atom stereocenters. The predicted molar refractivity (Wildman–Crippen MR) is 66.0 cm³/mol.